The van der Waals surface area contributed by atoms with Gasteiger partial charge < -0.3 is 10.1 Å². The molecule has 0 saturated carbocycles. The van der Waals surface area contributed by atoms with E-state index in [-0.39, 0.29) is 11.6 Å². The molecule has 0 amide bonds. The Kier molecular flexibility index (Phi) is 8.53. The predicted molar refractivity (Wildman–Crippen MR) is 124 cm³/mol. The molecule has 2 aromatic rings. The van der Waals surface area contributed by atoms with Crippen molar-refractivity contribution in [1.82, 2.24) is 10.0 Å². The maximum atomic E-state index is 13.7. The third kappa shape index (κ3) is 6.23. The van der Waals surface area contributed by atoms with Crippen molar-refractivity contribution in [2.24, 2.45) is 0 Å². The van der Waals surface area contributed by atoms with Crippen LogP contribution in [-0.4, -0.2) is 20.2 Å². The molecule has 2 aromatic carbocycles. The number of aryl methyl sites for hydroxylation is 1. The maximum absolute atomic E-state index is 13.7. The Morgan fingerprint density at radius 3 is 2.50 bits per heavy atom. The number of hydrogen-bond donors (Lipinski definition) is 3. The van der Waals surface area contributed by atoms with Gasteiger partial charge in [-0.3, -0.25) is 4.78 Å². The largest absolute Gasteiger partial charge is 0.497 e. The van der Waals surface area contributed by atoms with E-state index >= 15 is 0 Å². The highest BCUT2D eigenvalue weighted by Crippen LogP contribution is 2.28. The molecule has 4 nitrogen and oxygen atoms in total. The van der Waals surface area contributed by atoms with E-state index in [0.717, 1.165) is 54.0 Å². The minimum Gasteiger partial charge on any atom is -0.497 e. The number of benzene rings is 2. The SMILES string of the molecule is CNC=C1/C(=C/c2cc(F)c(F)c(F)c2)CCC(CCCc2ccc(OC)cc2)NS1=N. The molecular formula is C24H28F3N3OS. The molecule has 0 aromatic heterocycles. The first-order valence-electron chi connectivity index (χ1n) is 10.5. The number of nitrogens with one attached hydrogen (secondary N) is 3. The smallest absolute Gasteiger partial charge is 0.194 e. The van der Waals surface area contributed by atoms with Crippen LogP contribution in [0.25, 0.3) is 6.08 Å². The third-order valence-corrected chi connectivity index (χ3v) is 6.77. The van der Waals surface area contributed by atoms with Crippen LogP contribution in [0, 0.1) is 22.2 Å². The molecule has 3 N–H and O–H groups in total. The van der Waals surface area contributed by atoms with Gasteiger partial charge in [0.1, 0.15) is 5.75 Å². The molecule has 1 aliphatic heterocycles. The van der Waals surface area contributed by atoms with Crippen molar-refractivity contribution < 1.29 is 17.9 Å². The van der Waals surface area contributed by atoms with Crippen LogP contribution >= 0.6 is 0 Å². The lowest BCUT2D eigenvalue weighted by Gasteiger charge is -2.16. The van der Waals surface area contributed by atoms with Gasteiger partial charge in [0.05, 0.1) is 12.0 Å². The van der Waals surface area contributed by atoms with Gasteiger partial charge in [-0.25, -0.2) is 17.9 Å². The van der Waals surface area contributed by atoms with Crippen molar-refractivity contribution in [2.45, 2.75) is 38.1 Å². The van der Waals surface area contributed by atoms with Crippen LogP contribution in [0.15, 0.2) is 53.1 Å². The highest BCUT2D eigenvalue weighted by atomic mass is 32.2. The standard InChI is InChI=1S/C24H28F3N3OS/c1-29-15-23-18(12-17-13-21(25)24(27)22(26)14-17)8-9-19(30-32(23)28)5-3-4-16-6-10-20(31-2)11-7-16/h6-7,10-15,19,29H,3-5,8-9H2,1-2H3,(H2,28,30)/b18-12+,23-15?. The van der Waals surface area contributed by atoms with Gasteiger partial charge in [-0.1, -0.05) is 18.2 Å². The van der Waals surface area contributed by atoms with Gasteiger partial charge in [-0.15, -0.1) is 0 Å². The fourth-order valence-corrected chi connectivity index (χ4v) is 5.06. The molecule has 1 heterocycles. The Morgan fingerprint density at radius 1 is 1.19 bits per heavy atom. The highest BCUT2D eigenvalue weighted by molar-refractivity contribution is 7.88. The predicted octanol–water partition coefficient (Wildman–Crippen LogP) is 5.63. The Balaban J connectivity index is 1.70. The Bertz CT molecular complexity index is 999. The number of ether oxygens (including phenoxy) is 1. The van der Waals surface area contributed by atoms with Gasteiger partial charge in [-0.05, 0) is 83.9 Å². The topological polar surface area (TPSA) is 57.1 Å². The molecule has 172 valence electrons. The van der Waals surface area contributed by atoms with E-state index < -0.39 is 28.3 Å². The number of halogens is 3. The molecule has 32 heavy (non-hydrogen) atoms. The van der Waals surface area contributed by atoms with Crippen LogP contribution in [0.1, 0.15) is 36.8 Å². The molecule has 8 heteroatoms. The van der Waals surface area contributed by atoms with E-state index in [1.54, 1.807) is 26.4 Å². The van der Waals surface area contributed by atoms with Gasteiger partial charge in [0, 0.05) is 19.3 Å². The molecule has 0 spiro atoms. The van der Waals surface area contributed by atoms with E-state index in [9.17, 15) is 13.2 Å². The molecule has 2 atom stereocenters. The lowest BCUT2D eigenvalue weighted by Crippen LogP contribution is -2.29. The lowest BCUT2D eigenvalue weighted by atomic mass is 9.98. The first kappa shape index (κ1) is 24.1. The second-order valence-corrected chi connectivity index (χ2v) is 8.95. The Morgan fingerprint density at radius 2 is 1.88 bits per heavy atom. The second kappa shape index (κ2) is 11.3. The quantitative estimate of drug-likeness (QED) is 0.467. The fourth-order valence-electron chi connectivity index (χ4n) is 3.71. The zero-order valence-electron chi connectivity index (χ0n) is 18.2. The number of allylic oxidation sites excluding steroid dienone is 1. The average Bonchev–Trinajstić information content (AvgIpc) is 2.92. The summed E-state index contributed by atoms with van der Waals surface area (Å²) in [4.78, 5) is 0.732. The minimum atomic E-state index is -1.47. The van der Waals surface area contributed by atoms with E-state index in [4.69, 9.17) is 9.52 Å². The van der Waals surface area contributed by atoms with Gasteiger partial charge in [0.25, 0.3) is 0 Å². The first-order chi connectivity index (χ1) is 15.4. The van der Waals surface area contributed by atoms with Crippen LogP contribution in [0.2, 0.25) is 0 Å². The first-order valence-corrected chi connectivity index (χ1v) is 11.7. The summed E-state index contributed by atoms with van der Waals surface area (Å²) in [5.74, 6) is -3.08. The maximum Gasteiger partial charge on any atom is 0.194 e. The zero-order valence-corrected chi connectivity index (χ0v) is 19.0. The summed E-state index contributed by atoms with van der Waals surface area (Å²) in [5, 5.41) is 2.96. The van der Waals surface area contributed by atoms with Gasteiger partial charge >= 0.3 is 0 Å². The van der Waals surface area contributed by atoms with E-state index in [2.05, 4.69) is 22.2 Å². The molecule has 1 fully saturated rings. The zero-order chi connectivity index (χ0) is 23.1. The Labute approximate surface area is 189 Å². The molecule has 1 aliphatic rings. The van der Waals surface area contributed by atoms with Gasteiger partial charge in [-0.2, -0.15) is 0 Å². The molecule has 0 radical (unpaired) electrons. The summed E-state index contributed by atoms with van der Waals surface area (Å²) >= 11 is 0. The summed E-state index contributed by atoms with van der Waals surface area (Å²) in [6, 6.07) is 10.1. The monoisotopic (exact) mass is 463 g/mol. The van der Waals surface area contributed by atoms with Crippen LogP contribution in [0.5, 0.6) is 5.75 Å². The number of rotatable bonds is 7. The average molecular weight is 464 g/mol. The summed E-state index contributed by atoms with van der Waals surface area (Å²) in [6.07, 6.45) is 7.65. The summed E-state index contributed by atoms with van der Waals surface area (Å²) < 4.78 is 57.8. The highest BCUT2D eigenvalue weighted by Gasteiger charge is 2.21. The number of methoxy groups -OCH3 is 1. The summed E-state index contributed by atoms with van der Waals surface area (Å²) in [5.41, 5.74) is 2.29. The van der Waals surface area contributed by atoms with Crippen molar-refractivity contribution >= 4 is 17.0 Å². The van der Waals surface area contributed by atoms with Crippen LogP contribution in [0.4, 0.5) is 13.2 Å². The number of hydrogen-bond acceptors (Lipinski definition) is 3. The second-order valence-electron chi connectivity index (χ2n) is 7.67. The van der Waals surface area contributed by atoms with Crippen molar-refractivity contribution in [1.29, 1.82) is 4.78 Å². The van der Waals surface area contributed by atoms with Gasteiger partial charge in [0.2, 0.25) is 0 Å². The van der Waals surface area contributed by atoms with E-state index in [1.807, 2.05) is 12.1 Å². The van der Waals surface area contributed by atoms with Gasteiger partial charge in [0.15, 0.2) is 17.5 Å². The van der Waals surface area contributed by atoms with Crippen molar-refractivity contribution in [3.8, 4) is 5.75 Å². The molecule has 2 unspecified atom stereocenters. The summed E-state index contributed by atoms with van der Waals surface area (Å²) in [6.45, 7) is 0. The van der Waals surface area contributed by atoms with Crippen molar-refractivity contribution in [3.63, 3.8) is 0 Å². The minimum absolute atomic E-state index is 0.155. The molecule has 0 aliphatic carbocycles. The molecule has 3 rings (SSSR count). The van der Waals surface area contributed by atoms with E-state index in [0.29, 0.717) is 6.42 Å². The summed E-state index contributed by atoms with van der Waals surface area (Å²) in [7, 11) is 2.40. The van der Waals surface area contributed by atoms with Crippen LogP contribution < -0.4 is 14.8 Å². The normalized spacial score (nSPS) is 21.5. The van der Waals surface area contributed by atoms with Crippen molar-refractivity contribution in [2.75, 3.05) is 14.2 Å². The van der Waals surface area contributed by atoms with Crippen LogP contribution in [-0.2, 0) is 17.3 Å². The molecule has 0 bridgehead atoms. The Hall–Kier alpha value is -2.58. The van der Waals surface area contributed by atoms with E-state index in [1.165, 1.54) is 5.56 Å². The fraction of sp³-hybridized carbons (Fsp3) is 0.333. The molecular weight excluding hydrogens is 435 g/mol. The lowest BCUT2D eigenvalue weighted by molar-refractivity contribution is 0.414. The van der Waals surface area contributed by atoms with Crippen LogP contribution in [0.3, 0.4) is 0 Å². The van der Waals surface area contributed by atoms with Crippen molar-refractivity contribution in [3.05, 3.63) is 81.7 Å². The third-order valence-electron chi connectivity index (χ3n) is 5.38. The molecule has 1 saturated heterocycles.